The van der Waals surface area contributed by atoms with Crippen molar-refractivity contribution in [3.05, 3.63) is 103 Å². The Bertz CT molecular complexity index is 1330. The molecular weight excluding hydrogens is 510 g/mol. The molecule has 0 spiro atoms. The number of rotatable bonds is 4. The number of nitrogens with one attached hydrogen (secondary N) is 1. The van der Waals surface area contributed by atoms with Crippen LogP contribution in [0.3, 0.4) is 0 Å². The van der Waals surface area contributed by atoms with Crippen LogP contribution in [-0.2, 0) is 4.74 Å². The smallest absolute Gasteiger partial charge is 0.260 e. The molecule has 0 saturated carbocycles. The number of H-pyrrole nitrogens is 1. The monoisotopic (exact) mass is 523 g/mol. The Hall–Kier alpha value is -2.54. The van der Waals surface area contributed by atoms with Gasteiger partial charge >= 0.3 is 0 Å². The summed E-state index contributed by atoms with van der Waals surface area (Å²) >= 11 is 6.91. The maximum Gasteiger partial charge on any atom is 0.260 e. The maximum atomic E-state index is 13.4. The van der Waals surface area contributed by atoms with Crippen molar-refractivity contribution in [3.63, 3.8) is 0 Å². The van der Waals surface area contributed by atoms with Gasteiger partial charge in [0, 0.05) is 25.4 Å². The molecule has 0 amide bonds. The number of halogens is 2. The number of hydrogen-bond acceptors (Lipinski definition) is 3. The summed E-state index contributed by atoms with van der Waals surface area (Å²) in [5, 5.41) is 0.805. The highest BCUT2D eigenvalue weighted by molar-refractivity contribution is 9.10. The van der Waals surface area contributed by atoms with E-state index in [-0.39, 0.29) is 17.5 Å². The van der Waals surface area contributed by atoms with Crippen LogP contribution < -0.4 is 5.56 Å². The minimum atomic E-state index is -0.667. The van der Waals surface area contributed by atoms with Gasteiger partial charge in [-0.05, 0) is 41.5 Å². The zero-order chi connectivity index (χ0) is 20.8. The van der Waals surface area contributed by atoms with Gasteiger partial charge in [-0.15, -0.1) is 0 Å². The van der Waals surface area contributed by atoms with E-state index in [0.717, 1.165) is 25.5 Å². The molecule has 3 aromatic carbocycles. The fourth-order valence-corrected chi connectivity index (χ4v) is 4.39. The van der Waals surface area contributed by atoms with Gasteiger partial charge in [0.2, 0.25) is 5.78 Å². The van der Waals surface area contributed by atoms with Gasteiger partial charge in [0.1, 0.15) is 6.10 Å². The quantitative estimate of drug-likeness (QED) is 0.261. The van der Waals surface area contributed by atoms with Crippen molar-refractivity contribution < 1.29 is 9.53 Å². The van der Waals surface area contributed by atoms with Crippen LogP contribution in [0.15, 0.2) is 86.5 Å². The number of fused-ring (bicyclic) bond motifs is 1. The Kier molecular flexibility index (Phi) is 4.93. The first-order chi connectivity index (χ1) is 14.5. The number of aromatic amines is 1. The summed E-state index contributed by atoms with van der Waals surface area (Å²) in [6.45, 7) is 0. The number of aromatic nitrogens is 1. The topological polar surface area (TPSA) is 62.5 Å². The normalized spacial score (nSPS) is 17.8. The SMILES string of the molecule is O=C(c1c(-c2ccccc2)c2cc(Br)ccc2[nH]c1=O)[C@@H]1O[C@@H]1c1ccc(Br)cc1. The molecule has 2 atom stereocenters. The summed E-state index contributed by atoms with van der Waals surface area (Å²) in [6.07, 6.45) is -1.01. The van der Waals surface area contributed by atoms with Crippen LogP contribution in [0.1, 0.15) is 22.0 Å². The van der Waals surface area contributed by atoms with E-state index in [4.69, 9.17) is 4.74 Å². The number of ether oxygens (including phenoxy) is 1. The van der Waals surface area contributed by atoms with E-state index < -0.39 is 11.7 Å². The van der Waals surface area contributed by atoms with Crippen molar-refractivity contribution in [2.45, 2.75) is 12.2 Å². The molecule has 5 rings (SSSR count). The average Bonchev–Trinajstić information content (AvgIpc) is 3.55. The lowest BCUT2D eigenvalue weighted by molar-refractivity contribution is 0.0953. The molecule has 1 fully saturated rings. The van der Waals surface area contributed by atoms with Gasteiger partial charge < -0.3 is 9.72 Å². The number of benzene rings is 3. The summed E-state index contributed by atoms with van der Waals surface area (Å²) in [6, 6.07) is 22.8. The van der Waals surface area contributed by atoms with Crippen LogP contribution in [0.5, 0.6) is 0 Å². The molecule has 1 saturated heterocycles. The second-order valence-electron chi connectivity index (χ2n) is 7.15. The minimum Gasteiger partial charge on any atom is -0.356 e. The van der Waals surface area contributed by atoms with Crippen LogP contribution in [0.25, 0.3) is 22.0 Å². The Labute approximate surface area is 189 Å². The molecule has 6 heteroatoms. The number of Topliss-reactive ketones (excluding diaryl/α,β-unsaturated/α-hetero) is 1. The predicted octanol–water partition coefficient (Wildman–Crippen LogP) is 6.04. The number of carbonyl (C=O) groups excluding carboxylic acids is 1. The van der Waals surface area contributed by atoms with Crippen molar-refractivity contribution in [1.29, 1.82) is 0 Å². The van der Waals surface area contributed by atoms with Crippen LogP contribution in [0, 0.1) is 0 Å². The number of epoxide rings is 1. The van der Waals surface area contributed by atoms with Crippen LogP contribution in [-0.4, -0.2) is 16.9 Å². The van der Waals surface area contributed by atoms with E-state index >= 15 is 0 Å². The lowest BCUT2D eigenvalue weighted by Crippen LogP contribution is -2.23. The van der Waals surface area contributed by atoms with E-state index in [0.29, 0.717) is 11.1 Å². The van der Waals surface area contributed by atoms with Gasteiger partial charge in [0.25, 0.3) is 5.56 Å². The molecule has 2 heterocycles. The third kappa shape index (κ3) is 3.45. The molecule has 4 aromatic rings. The van der Waals surface area contributed by atoms with Crippen molar-refractivity contribution in [3.8, 4) is 11.1 Å². The van der Waals surface area contributed by atoms with E-state index in [9.17, 15) is 9.59 Å². The van der Waals surface area contributed by atoms with Gasteiger partial charge in [0.05, 0.1) is 5.56 Å². The van der Waals surface area contributed by atoms with Crippen molar-refractivity contribution in [2.24, 2.45) is 0 Å². The largest absolute Gasteiger partial charge is 0.356 e. The second-order valence-corrected chi connectivity index (χ2v) is 8.98. The zero-order valence-corrected chi connectivity index (χ0v) is 18.7. The highest BCUT2D eigenvalue weighted by Crippen LogP contribution is 2.42. The average molecular weight is 525 g/mol. The van der Waals surface area contributed by atoms with Crippen LogP contribution >= 0.6 is 31.9 Å². The molecule has 0 unspecified atom stereocenters. The van der Waals surface area contributed by atoms with Crippen molar-refractivity contribution in [1.82, 2.24) is 4.98 Å². The standard InChI is InChI=1S/C24H15Br2NO3/c25-15-8-6-14(7-9-15)22-23(30-22)21(28)20-19(13-4-2-1-3-5-13)17-12-16(26)10-11-18(17)27-24(20)29/h1-12,22-23H,(H,27,29)/t22-,23+/m1/s1. The van der Waals surface area contributed by atoms with E-state index in [2.05, 4.69) is 36.8 Å². The van der Waals surface area contributed by atoms with Crippen LogP contribution in [0.2, 0.25) is 0 Å². The molecule has 1 aliphatic rings. The lowest BCUT2D eigenvalue weighted by atomic mass is 9.92. The Morgan fingerprint density at radius 2 is 1.60 bits per heavy atom. The third-order valence-electron chi connectivity index (χ3n) is 5.23. The number of hydrogen-bond donors (Lipinski definition) is 1. The Balaban J connectivity index is 1.65. The summed E-state index contributed by atoms with van der Waals surface area (Å²) in [4.78, 5) is 29.3. The second kappa shape index (κ2) is 7.61. The van der Waals surface area contributed by atoms with Crippen molar-refractivity contribution in [2.75, 3.05) is 0 Å². The molecule has 1 N–H and O–H groups in total. The molecule has 4 nitrogen and oxygen atoms in total. The molecule has 0 bridgehead atoms. The van der Waals surface area contributed by atoms with Gasteiger partial charge in [-0.1, -0.05) is 74.3 Å². The molecule has 1 aromatic heterocycles. The molecular formula is C24H15Br2NO3. The lowest BCUT2D eigenvalue weighted by Gasteiger charge is -2.12. The maximum absolute atomic E-state index is 13.4. The first-order valence-electron chi connectivity index (χ1n) is 9.39. The summed E-state index contributed by atoms with van der Waals surface area (Å²) in [5.74, 6) is -0.301. The van der Waals surface area contributed by atoms with E-state index in [1.165, 1.54) is 0 Å². The highest BCUT2D eigenvalue weighted by atomic mass is 79.9. The molecule has 148 valence electrons. The molecule has 1 aliphatic heterocycles. The van der Waals surface area contributed by atoms with Gasteiger partial charge in [-0.3, -0.25) is 9.59 Å². The predicted molar refractivity (Wildman–Crippen MR) is 124 cm³/mol. The summed E-state index contributed by atoms with van der Waals surface area (Å²) in [7, 11) is 0. The summed E-state index contributed by atoms with van der Waals surface area (Å²) in [5.41, 5.74) is 2.77. The number of carbonyl (C=O) groups is 1. The fraction of sp³-hybridized carbons (Fsp3) is 0.0833. The fourth-order valence-electron chi connectivity index (χ4n) is 3.77. The first kappa shape index (κ1) is 19.4. The minimum absolute atomic E-state index is 0.136. The molecule has 30 heavy (non-hydrogen) atoms. The number of pyridine rings is 1. The van der Waals surface area contributed by atoms with Gasteiger partial charge in [-0.2, -0.15) is 0 Å². The summed E-state index contributed by atoms with van der Waals surface area (Å²) < 4.78 is 7.54. The zero-order valence-electron chi connectivity index (χ0n) is 15.6. The Morgan fingerprint density at radius 1 is 0.900 bits per heavy atom. The van der Waals surface area contributed by atoms with E-state index in [1.54, 1.807) is 0 Å². The van der Waals surface area contributed by atoms with Crippen LogP contribution in [0.4, 0.5) is 0 Å². The van der Waals surface area contributed by atoms with Gasteiger partial charge in [-0.25, -0.2) is 0 Å². The highest BCUT2D eigenvalue weighted by Gasteiger charge is 2.47. The van der Waals surface area contributed by atoms with Crippen molar-refractivity contribution >= 4 is 48.5 Å². The third-order valence-corrected chi connectivity index (χ3v) is 6.26. The first-order valence-corrected chi connectivity index (χ1v) is 11.0. The molecule has 0 radical (unpaired) electrons. The van der Waals surface area contributed by atoms with Gasteiger partial charge in [0.15, 0.2) is 6.10 Å². The van der Waals surface area contributed by atoms with E-state index in [1.807, 2.05) is 72.8 Å². The number of ketones is 1. The molecule has 0 aliphatic carbocycles. The Morgan fingerprint density at radius 3 is 2.33 bits per heavy atom.